The number of nitrogens with zero attached hydrogens (tertiary/aromatic N) is 1. The predicted molar refractivity (Wildman–Crippen MR) is 35.9 cm³/mol. The molecule has 0 aliphatic rings. The molecule has 0 aromatic carbocycles. The van der Waals surface area contributed by atoms with Crippen molar-refractivity contribution in [1.29, 1.82) is 0 Å². The van der Waals surface area contributed by atoms with Gasteiger partial charge in [0, 0.05) is 6.54 Å². The molecule has 0 rings (SSSR count). The lowest BCUT2D eigenvalue weighted by molar-refractivity contribution is 0.464. The first-order valence-electron chi connectivity index (χ1n) is 2.32. The van der Waals surface area contributed by atoms with E-state index in [9.17, 15) is 8.42 Å². The van der Waals surface area contributed by atoms with E-state index in [1.54, 1.807) is 0 Å². The smallest absolute Gasteiger partial charge is 0.224 e. The third kappa shape index (κ3) is 3.23. The Kier molecular flexibility index (Phi) is 2.83. The Morgan fingerprint density at radius 1 is 1.78 bits per heavy atom. The van der Waals surface area contributed by atoms with Gasteiger partial charge in [0.05, 0.1) is 6.26 Å². The van der Waals surface area contributed by atoms with E-state index in [4.69, 9.17) is 5.84 Å². The van der Waals surface area contributed by atoms with Crippen molar-refractivity contribution in [2.75, 3.05) is 12.8 Å². The van der Waals surface area contributed by atoms with E-state index >= 15 is 0 Å². The summed E-state index contributed by atoms with van der Waals surface area (Å²) in [6.07, 6.45) is 2.46. The van der Waals surface area contributed by atoms with Gasteiger partial charge in [0.25, 0.3) is 0 Å². The molecule has 54 valence electrons. The fourth-order valence-corrected chi connectivity index (χ4v) is 0.639. The van der Waals surface area contributed by atoms with E-state index in [1.807, 2.05) is 0 Å². The van der Waals surface area contributed by atoms with E-state index in [2.05, 4.69) is 6.58 Å². The normalized spacial score (nSPS) is 11.9. The maximum atomic E-state index is 10.5. The Labute approximate surface area is 55.0 Å². The van der Waals surface area contributed by atoms with Crippen LogP contribution >= 0.6 is 0 Å². The van der Waals surface area contributed by atoms with Crippen LogP contribution in [0.5, 0.6) is 0 Å². The van der Waals surface area contributed by atoms with Crippen LogP contribution < -0.4 is 5.84 Å². The fraction of sp³-hybridized carbons (Fsp3) is 0.500. The average Bonchev–Trinajstić information content (AvgIpc) is 1.64. The van der Waals surface area contributed by atoms with Gasteiger partial charge in [0.15, 0.2) is 0 Å². The van der Waals surface area contributed by atoms with Gasteiger partial charge >= 0.3 is 0 Å². The second-order valence-corrected chi connectivity index (χ2v) is 3.56. The highest BCUT2D eigenvalue weighted by atomic mass is 32.2. The first-order chi connectivity index (χ1) is 3.98. The van der Waals surface area contributed by atoms with Crippen LogP contribution in [0.3, 0.4) is 0 Å². The summed E-state index contributed by atoms with van der Waals surface area (Å²) in [5.74, 6) is 5.04. The molecule has 0 aromatic heterocycles. The number of hydrogen-bond acceptors (Lipinski definition) is 3. The predicted octanol–water partition coefficient (Wildman–Crippen LogP) is -0.692. The van der Waals surface area contributed by atoms with Gasteiger partial charge in [-0.1, -0.05) is 6.08 Å². The molecule has 2 N–H and O–H groups in total. The zero-order chi connectivity index (χ0) is 7.49. The van der Waals surface area contributed by atoms with Crippen molar-refractivity contribution < 1.29 is 8.42 Å². The highest BCUT2D eigenvalue weighted by Crippen LogP contribution is 1.86. The van der Waals surface area contributed by atoms with E-state index in [-0.39, 0.29) is 6.54 Å². The molecule has 4 nitrogen and oxygen atoms in total. The van der Waals surface area contributed by atoms with Crippen LogP contribution in [0.25, 0.3) is 0 Å². The summed E-state index contributed by atoms with van der Waals surface area (Å²) in [7, 11) is -3.23. The monoisotopic (exact) mass is 150 g/mol. The molecule has 0 aliphatic heterocycles. The van der Waals surface area contributed by atoms with E-state index in [0.29, 0.717) is 0 Å². The van der Waals surface area contributed by atoms with E-state index < -0.39 is 10.0 Å². The second-order valence-electron chi connectivity index (χ2n) is 1.62. The maximum Gasteiger partial charge on any atom is 0.224 e. The van der Waals surface area contributed by atoms with Crippen LogP contribution in [0.4, 0.5) is 0 Å². The Morgan fingerprint density at radius 3 is 2.33 bits per heavy atom. The molecule has 0 fully saturated rings. The van der Waals surface area contributed by atoms with Crippen molar-refractivity contribution in [3.05, 3.63) is 12.7 Å². The zero-order valence-corrected chi connectivity index (χ0v) is 6.06. The first-order valence-corrected chi connectivity index (χ1v) is 4.16. The van der Waals surface area contributed by atoms with E-state index in [0.717, 1.165) is 10.7 Å². The SMILES string of the molecule is C=CCN(N)S(C)(=O)=O. The Balaban J connectivity index is 4.05. The highest BCUT2D eigenvalue weighted by Gasteiger charge is 2.07. The van der Waals surface area contributed by atoms with Crippen LogP contribution in [-0.4, -0.2) is 25.6 Å². The molecule has 5 heteroatoms. The minimum absolute atomic E-state index is 0.152. The van der Waals surface area contributed by atoms with Crippen LogP contribution in [0, 0.1) is 0 Å². The average molecular weight is 150 g/mol. The number of sulfonamides is 1. The van der Waals surface area contributed by atoms with E-state index in [1.165, 1.54) is 6.08 Å². The molecule has 0 aromatic rings. The largest absolute Gasteiger partial charge is 0.255 e. The van der Waals surface area contributed by atoms with Crippen molar-refractivity contribution in [1.82, 2.24) is 4.41 Å². The molecule has 0 saturated carbocycles. The summed E-state index contributed by atoms with van der Waals surface area (Å²) in [6.45, 7) is 3.48. The first kappa shape index (κ1) is 8.61. The van der Waals surface area contributed by atoms with Gasteiger partial charge in [-0.2, -0.15) is 0 Å². The third-order valence-electron chi connectivity index (χ3n) is 0.735. The van der Waals surface area contributed by atoms with Crippen LogP contribution in [0.1, 0.15) is 0 Å². The lowest BCUT2D eigenvalue weighted by Crippen LogP contribution is -2.36. The van der Waals surface area contributed by atoms with Gasteiger partial charge in [0.2, 0.25) is 10.0 Å². The summed E-state index contributed by atoms with van der Waals surface area (Å²) in [6, 6.07) is 0. The third-order valence-corrected chi connectivity index (χ3v) is 1.74. The molecule has 0 heterocycles. The molecule has 0 radical (unpaired) electrons. The van der Waals surface area contributed by atoms with Crippen LogP contribution in [0.2, 0.25) is 0 Å². The van der Waals surface area contributed by atoms with Crippen molar-refractivity contribution in [3.63, 3.8) is 0 Å². The molecule has 0 saturated heterocycles. The maximum absolute atomic E-state index is 10.5. The summed E-state index contributed by atoms with van der Waals surface area (Å²) < 4.78 is 21.7. The minimum Gasteiger partial charge on any atom is -0.255 e. The summed E-state index contributed by atoms with van der Waals surface area (Å²) >= 11 is 0. The Bertz CT molecular complexity index is 185. The molecule has 9 heavy (non-hydrogen) atoms. The molecular formula is C4H10N2O2S. The topological polar surface area (TPSA) is 63.4 Å². The second kappa shape index (κ2) is 2.95. The highest BCUT2D eigenvalue weighted by molar-refractivity contribution is 7.88. The Morgan fingerprint density at radius 2 is 2.22 bits per heavy atom. The quantitative estimate of drug-likeness (QED) is 0.329. The lowest BCUT2D eigenvalue weighted by atomic mass is 10.7. The molecule has 0 spiro atoms. The van der Waals surface area contributed by atoms with Crippen molar-refractivity contribution >= 4 is 10.0 Å². The van der Waals surface area contributed by atoms with Gasteiger partial charge < -0.3 is 0 Å². The van der Waals surface area contributed by atoms with Crippen molar-refractivity contribution in [2.45, 2.75) is 0 Å². The molecule has 0 unspecified atom stereocenters. The summed E-state index contributed by atoms with van der Waals surface area (Å²) in [4.78, 5) is 0. The van der Waals surface area contributed by atoms with Gasteiger partial charge in [-0.05, 0) is 0 Å². The number of rotatable bonds is 3. The summed E-state index contributed by atoms with van der Waals surface area (Å²) in [5, 5.41) is 0. The van der Waals surface area contributed by atoms with Crippen LogP contribution in [-0.2, 0) is 10.0 Å². The lowest BCUT2D eigenvalue weighted by Gasteiger charge is -2.09. The Hall–Kier alpha value is -0.390. The van der Waals surface area contributed by atoms with Gasteiger partial charge in [0.1, 0.15) is 0 Å². The fourth-order valence-electron chi connectivity index (χ4n) is 0.263. The molecular weight excluding hydrogens is 140 g/mol. The minimum atomic E-state index is -3.23. The number of hydrazine groups is 1. The molecule has 0 atom stereocenters. The summed E-state index contributed by atoms with van der Waals surface area (Å²) in [5.41, 5.74) is 0. The van der Waals surface area contributed by atoms with Crippen molar-refractivity contribution in [2.24, 2.45) is 5.84 Å². The van der Waals surface area contributed by atoms with Gasteiger partial charge in [-0.25, -0.2) is 8.42 Å². The van der Waals surface area contributed by atoms with Gasteiger partial charge in [-0.15, -0.1) is 11.0 Å². The van der Waals surface area contributed by atoms with Gasteiger partial charge in [-0.3, -0.25) is 5.84 Å². The van der Waals surface area contributed by atoms with Crippen LogP contribution in [0.15, 0.2) is 12.7 Å². The molecule has 0 amide bonds. The number of hydrogen-bond donors (Lipinski definition) is 1. The van der Waals surface area contributed by atoms with Crippen molar-refractivity contribution in [3.8, 4) is 0 Å². The zero-order valence-electron chi connectivity index (χ0n) is 5.24. The molecule has 0 aliphatic carbocycles. The number of nitrogens with two attached hydrogens (primary N) is 1. The standard InChI is InChI=1S/C4H10N2O2S/c1-3-4-6(5)9(2,7)8/h3H,1,4-5H2,2H3. The molecule has 0 bridgehead atoms.